The molecule has 0 saturated heterocycles. The van der Waals surface area contributed by atoms with Crippen molar-refractivity contribution in [2.45, 2.75) is 12.5 Å². The van der Waals surface area contributed by atoms with Crippen molar-refractivity contribution in [1.29, 1.82) is 0 Å². The zero-order valence-corrected chi connectivity index (χ0v) is 8.57. The highest BCUT2D eigenvalue weighted by atomic mass is 16.3. The first-order valence-corrected chi connectivity index (χ1v) is 4.54. The summed E-state index contributed by atoms with van der Waals surface area (Å²) in [5.74, 6) is 0.522. The van der Waals surface area contributed by atoms with Gasteiger partial charge in [-0.25, -0.2) is 0 Å². The summed E-state index contributed by atoms with van der Waals surface area (Å²) in [5, 5.41) is 25.3. The average molecular weight is 208 g/mol. The van der Waals surface area contributed by atoms with Gasteiger partial charge in [-0.1, -0.05) is 0 Å². The third-order valence-corrected chi connectivity index (χ3v) is 2.04. The lowest BCUT2D eigenvalue weighted by Gasteiger charge is -2.03. The maximum absolute atomic E-state index is 9.83. The first-order chi connectivity index (χ1) is 7.15. The topological polar surface area (TPSA) is 81.6 Å². The zero-order chi connectivity index (χ0) is 10.8. The van der Waals surface area contributed by atoms with Crippen molar-refractivity contribution in [2.75, 3.05) is 0 Å². The van der Waals surface area contributed by atoms with Gasteiger partial charge in [0.2, 0.25) is 0 Å². The number of rotatable bonds is 3. The molecule has 0 bridgehead atoms. The molecule has 2 heterocycles. The van der Waals surface area contributed by atoms with Crippen molar-refractivity contribution in [1.82, 2.24) is 30.0 Å². The van der Waals surface area contributed by atoms with Crippen LogP contribution in [0, 0.1) is 0 Å². The van der Waals surface area contributed by atoms with Crippen LogP contribution in [0.4, 0.5) is 0 Å². The lowest BCUT2D eigenvalue weighted by Crippen LogP contribution is -2.03. The Hall–Kier alpha value is -1.76. The van der Waals surface area contributed by atoms with Crippen LogP contribution in [0.3, 0.4) is 0 Å². The molecule has 2 aromatic rings. The summed E-state index contributed by atoms with van der Waals surface area (Å²) < 4.78 is 1.64. The molecule has 0 fully saturated rings. The Kier molecular flexibility index (Phi) is 2.46. The van der Waals surface area contributed by atoms with E-state index in [9.17, 15) is 5.11 Å². The molecule has 0 aliphatic rings. The van der Waals surface area contributed by atoms with E-state index in [1.54, 1.807) is 31.2 Å². The van der Waals surface area contributed by atoms with E-state index < -0.39 is 6.10 Å². The lowest BCUT2D eigenvalue weighted by atomic mass is 10.1. The van der Waals surface area contributed by atoms with Gasteiger partial charge in [-0.2, -0.15) is 9.90 Å². The minimum atomic E-state index is -0.636. The fourth-order valence-corrected chi connectivity index (χ4v) is 1.31. The highest BCUT2D eigenvalue weighted by molar-refractivity contribution is 5.09. The zero-order valence-electron chi connectivity index (χ0n) is 8.57. The second-order valence-corrected chi connectivity index (χ2v) is 3.36. The Labute approximate surface area is 86.3 Å². The quantitative estimate of drug-likeness (QED) is 0.715. The molecule has 2 aromatic heterocycles. The van der Waals surface area contributed by atoms with Gasteiger partial charge >= 0.3 is 0 Å². The van der Waals surface area contributed by atoms with Gasteiger partial charge in [0.1, 0.15) is 0 Å². The van der Waals surface area contributed by atoms with E-state index in [0.29, 0.717) is 12.2 Å². The molecular weight excluding hydrogens is 196 g/mol. The van der Waals surface area contributed by atoms with E-state index in [1.807, 2.05) is 0 Å². The van der Waals surface area contributed by atoms with Gasteiger partial charge in [0, 0.05) is 25.2 Å². The predicted molar refractivity (Wildman–Crippen MR) is 50.7 cm³/mol. The average Bonchev–Trinajstić information content (AvgIpc) is 2.75. The van der Waals surface area contributed by atoms with E-state index >= 15 is 0 Å². The number of nitrogens with zero attached hydrogens (tertiary/aromatic N) is 6. The molecule has 7 nitrogen and oxygen atoms in total. The minimum Gasteiger partial charge on any atom is -0.388 e. The van der Waals surface area contributed by atoms with E-state index in [0.717, 1.165) is 5.56 Å². The Balaban J connectivity index is 2.06. The molecule has 0 radical (unpaired) electrons. The van der Waals surface area contributed by atoms with Crippen LogP contribution in [-0.2, 0) is 20.5 Å². The van der Waals surface area contributed by atoms with Crippen molar-refractivity contribution < 1.29 is 5.11 Å². The third kappa shape index (κ3) is 2.18. The van der Waals surface area contributed by atoms with E-state index in [4.69, 9.17) is 0 Å². The van der Waals surface area contributed by atoms with Crippen LogP contribution in [0.2, 0.25) is 0 Å². The van der Waals surface area contributed by atoms with Gasteiger partial charge in [0.15, 0.2) is 5.82 Å². The molecule has 15 heavy (non-hydrogen) atoms. The number of hydrogen-bond donors (Lipinski definition) is 1. The molecule has 2 rings (SSSR count). The normalized spacial score (nSPS) is 13.0. The minimum absolute atomic E-state index is 0.347. The molecule has 1 unspecified atom stereocenters. The Morgan fingerprint density at radius 1 is 1.47 bits per heavy atom. The molecule has 1 atom stereocenters. The van der Waals surface area contributed by atoms with Crippen molar-refractivity contribution in [2.24, 2.45) is 14.1 Å². The first kappa shape index (κ1) is 9.78. The Morgan fingerprint density at radius 3 is 2.80 bits per heavy atom. The first-order valence-electron chi connectivity index (χ1n) is 4.54. The van der Waals surface area contributed by atoms with Crippen LogP contribution in [0.15, 0.2) is 12.4 Å². The summed E-state index contributed by atoms with van der Waals surface area (Å²) in [6.45, 7) is 0. The van der Waals surface area contributed by atoms with E-state index in [1.165, 1.54) is 4.80 Å². The molecule has 0 aromatic carbocycles. The fourth-order valence-electron chi connectivity index (χ4n) is 1.31. The molecule has 0 aliphatic carbocycles. The van der Waals surface area contributed by atoms with Crippen LogP contribution in [0.1, 0.15) is 17.5 Å². The van der Waals surface area contributed by atoms with Crippen LogP contribution in [0.25, 0.3) is 0 Å². The van der Waals surface area contributed by atoms with Crippen molar-refractivity contribution >= 4 is 0 Å². The van der Waals surface area contributed by atoms with Crippen LogP contribution < -0.4 is 0 Å². The smallest absolute Gasteiger partial charge is 0.177 e. The van der Waals surface area contributed by atoms with Gasteiger partial charge in [0.05, 0.1) is 19.3 Å². The second-order valence-electron chi connectivity index (χ2n) is 3.36. The van der Waals surface area contributed by atoms with Gasteiger partial charge in [-0.15, -0.1) is 10.2 Å². The molecule has 0 aliphatic heterocycles. The lowest BCUT2D eigenvalue weighted by molar-refractivity contribution is 0.175. The predicted octanol–water partition coefficient (Wildman–Crippen LogP) is -0.780. The number of tetrazole rings is 1. The van der Waals surface area contributed by atoms with E-state index in [2.05, 4.69) is 20.5 Å². The summed E-state index contributed by atoms with van der Waals surface area (Å²) in [6, 6.07) is 0. The largest absolute Gasteiger partial charge is 0.388 e. The Bertz CT molecular complexity index is 447. The van der Waals surface area contributed by atoms with Gasteiger partial charge in [0.25, 0.3) is 0 Å². The number of aliphatic hydroxyl groups is 1. The van der Waals surface area contributed by atoms with Crippen molar-refractivity contribution in [3.8, 4) is 0 Å². The standard InChI is InChI=1S/C8H12N6O/c1-13-5-6(4-9-13)7(15)3-8-10-12-14(2)11-8/h4-5,7,15H,3H2,1-2H3. The van der Waals surface area contributed by atoms with Gasteiger partial charge in [-0.3, -0.25) is 4.68 Å². The molecule has 0 spiro atoms. The summed E-state index contributed by atoms with van der Waals surface area (Å²) >= 11 is 0. The summed E-state index contributed by atoms with van der Waals surface area (Å²) in [7, 11) is 3.49. The summed E-state index contributed by atoms with van der Waals surface area (Å²) in [5.41, 5.74) is 0.755. The maximum Gasteiger partial charge on any atom is 0.177 e. The third-order valence-electron chi connectivity index (χ3n) is 2.04. The van der Waals surface area contributed by atoms with Crippen LogP contribution in [0.5, 0.6) is 0 Å². The van der Waals surface area contributed by atoms with Crippen LogP contribution in [-0.4, -0.2) is 35.1 Å². The maximum atomic E-state index is 9.83. The molecule has 7 heteroatoms. The molecule has 80 valence electrons. The monoisotopic (exact) mass is 208 g/mol. The van der Waals surface area contributed by atoms with Gasteiger partial charge in [-0.05, 0) is 5.21 Å². The fraction of sp³-hybridized carbons (Fsp3) is 0.500. The molecule has 0 saturated carbocycles. The SMILES string of the molecule is Cn1cc(C(O)Cc2nnn(C)n2)cn1. The highest BCUT2D eigenvalue weighted by Gasteiger charge is 2.13. The second kappa shape index (κ2) is 3.77. The van der Waals surface area contributed by atoms with Crippen LogP contribution >= 0.6 is 0 Å². The number of aryl methyl sites for hydroxylation is 2. The number of aromatic nitrogens is 6. The molecular formula is C8H12N6O. The molecule has 1 N–H and O–H groups in total. The summed E-state index contributed by atoms with van der Waals surface area (Å²) in [6.07, 6.45) is 3.10. The number of hydrogen-bond acceptors (Lipinski definition) is 5. The number of aliphatic hydroxyl groups excluding tert-OH is 1. The van der Waals surface area contributed by atoms with E-state index in [-0.39, 0.29) is 0 Å². The summed E-state index contributed by atoms with van der Waals surface area (Å²) in [4.78, 5) is 1.37. The van der Waals surface area contributed by atoms with Crippen molar-refractivity contribution in [3.05, 3.63) is 23.8 Å². The van der Waals surface area contributed by atoms with Gasteiger partial charge < -0.3 is 5.11 Å². The highest BCUT2D eigenvalue weighted by Crippen LogP contribution is 2.14. The van der Waals surface area contributed by atoms with Crippen molar-refractivity contribution in [3.63, 3.8) is 0 Å². The Morgan fingerprint density at radius 2 is 2.27 bits per heavy atom. The molecule has 0 amide bonds.